The maximum atomic E-state index is 11.1. The topological polar surface area (TPSA) is 76.2 Å². The molecule has 1 aromatic rings. The van der Waals surface area contributed by atoms with E-state index in [0.717, 1.165) is 42.5 Å². The second kappa shape index (κ2) is 4.22. The average molecular weight is 220 g/mol. The van der Waals surface area contributed by atoms with Gasteiger partial charge in [0.1, 0.15) is 0 Å². The molecule has 1 aliphatic carbocycles. The van der Waals surface area contributed by atoms with Crippen molar-refractivity contribution in [3.63, 3.8) is 0 Å². The van der Waals surface area contributed by atoms with Crippen LogP contribution in [0.5, 0.6) is 0 Å². The monoisotopic (exact) mass is 220 g/mol. The van der Waals surface area contributed by atoms with Gasteiger partial charge in [0.05, 0.1) is 5.56 Å². The van der Waals surface area contributed by atoms with E-state index in [-0.39, 0.29) is 6.04 Å². The van der Waals surface area contributed by atoms with Crippen LogP contribution >= 0.6 is 0 Å². The zero-order valence-corrected chi connectivity index (χ0v) is 9.36. The summed E-state index contributed by atoms with van der Waals surface area (Å²) in [6.45, 7) is 2.03. The quantitative estimate of drug-likeness (QED) is 0.784. The normalized spacial score (nSPS) is 19.2. The number of fused-ring (bicyclic) bond motifs is 1. The maximum absolute atomic E-state index is 11.1. The van der Waals surface area contributed by atoms with E-state index < -0.39 is 5.97 Å². The first-order valence-electron chi connectivity index (χ1n) is 5.62. The van der Waals surface area contributed by atoms with Gasteiger partial charge in [0, 0.05) is 17.9 Å². The molecular weight excluding hydrogens is 204 g/mol. The largest absolute Gasteiger partial charge is 0.478 e. The van der Waals surface area contributed by atoms with Gasteiger partial charge in [0.15, 0.2) is 0 Å². The Morgan fingerprint density at radius 3 is 3.00 bits per heavy atom. The number of rotatable bonds is 2. The minimum Gasteiger partial charge on any atom is -0.478 e. The highest BCUT2D eigenvalue weighted by atomic mass is 16.4. The van der Waals surface area contributed by atoms with Crippen molar-refractivity contribution in [3.05, 3.63) is 28.6 Å². The lowest BCUT2D eigenvalue weighted by Crippen LogP contribution is -2.30. The van der Waals surface area contributed by atoms with Crippen molar-refractivity contribution in [2.75, 3.05) is 0 Å². The molecule has 86 valence electrons. The van der Waals surface area contributed by atoms with Gasteiger partial charge in [-0.3, -0.25) is 4.98 Å². The Balaban J connectivity index is 2.55. The lowest BCUT2D eigenvalue weighted by Gasteiger charge is -2.24. The zero-order valence-electron chi connectivity index (χ0n) is 9.36. The molecule has 1 aliphatic rings. The number of carboxylic acids is 1. The number of aryl methyl sites for hydroxylation is 1. The number of aromatic carboxylic acids is 1. The van der Waals surface area contributed by atoms with E-state index in [9.17, 15) is 4.79 Å². The SMILES string of the molecule is CCc1ncc(C(=O)O)c2c1CC(N)CC2. The van der Waals surface area contributed by atoms with Crippen LogP contribution in [0, 0.1) is 0 Å². The Hall–Kier alpha value is -1.42. The van der Waals surface area contributed by atoms with Crippen LogP contribution < -0.4 is 5.73 Å². The Morgan fingerprint density at radius 2 is 2.38 bits per heavy atom. The summed E-state index contributed by atoms with van der Waals surface area (Å²) < 4.78 is 0. The Kier molecular flexibility index (Phi) is 2.92. The van der Waals surface area contributed by atoms with Crippen LogP contribution in [0.4, 0.5) is 0 Å². The van der Waals surface area contributed by atoms with E-state index in [4.69, 9.17) is 10.8 Å². The van der Waals surface area contributed by atoms with E-state index >= 15 is 0 Å². The van der Waals surface area contributed by atoms with Crippen molar-refractivity contribution in [1.29, 1.82) is 0 Å². The van der Waals surface area contributed by atoms with E-state index in [1.807, 2.05) is 6.92 Å². The van der Waals surface area contributed by atoms with Crippen LogP contribution in [0.2, 0.25) is 0 Å². The molecule has 0 radical (unpaired) electrons. The smallest absolute Gasteiger partial charge is 0.337 e. The van der Waals surface area contributed by atoms with E-state index in [0.29, 0.717) is 5.56 Å². The van der Waals surface area contributed by atoms with Crippen LogP contribution in [0.3, 0.4) is 0 Å². The lowest BCUT2D eigenvalue weighted by molar-refractivity contribution is 0.0694. The summed E-state index contributed by atoms with van der Waals surface area (Å²) >= 11 is 0. The summed E-state index contributed by atoms with van der Waals surface area (Å²) in [5.41, 5.74) is 9.28. The van der Waals surface area contributed by atoms with Crippen LogP contribution in [-0.4, -0.2) is 22.1 Å². The van der Waals surface area contributed by atoms with E-state index in [2.05, 4.69) is 4.98 Å². The zero-order chi connectivity index (χ0) is 11.7. The van der Waals surface area contributed by atoms with Crippen molar-refractivity contribution in [1.82, 2.24) is 4.98 Å². The van der Waals surface area contributed by atoms with Gasteiger partial charge in [0.25, 0.3) is 0 Å². The van der Waals surface area contributed by atoms with Gasteiger partial charge in [0.2, 0.25) is 0 Å². The van der Waals surface area contributed by atoms with Crippen LogP contribution in [-0.2, 0) is 19.3 Å². The highest BCUT2D eigenvalue weighted by molar-refractivity contribution is 5.89. The van der Waals surface area contributed by atoms with Gasteiger partial charge in [-0.25, -0.2) is 4.79 Å². The summed E-state index contributed by atoms with van der Waals surface area (Å²) in [7, 11) is 0. The molecule has 0 aliphatic heterocycles. The van der Waals surface area contributed by atoms with Crippen molar-refractivity contribution in [2.45, 2.75) is 38.6 Å². The van der Waals surface area contributed by atoms with Crippen molar-refractivity contribution in [3.8, 4) is 0 Å². The first kappa shape index (κ1) is 11.1. The maximum Gasteiger partial charge on any atom is 0.337 e. The third-order valence-electron chi connectivity index (χ3n) is 3.18. The summed E-state index contributed by atoms with van der Waals surface area (Å²) in [6.07, 6.45) is 4.69. The van der Waals surface area contributed by atoms with Crippen molar-refractivity contribution in [2.24, 2.45) is 5.73 Å². The summed E-state index contributed by atoms with van der Waals surface area (Å²) in [6, 6.07) is 0.142. The molecule has 0 amide bonds. The van der Waals surface area contributed by atoms with Crippen molar-refractivity contribution >= 4 is 5.97 Å². The first-order chi connectivity index (χ1) is 7.63. The number of pyridine rings is 1. The van der Waals surface area contributed by atoms with Gasteiger partial charge in [-0.1, -0.05) is 6.92 Å². The van der Waals surface area contributed by atoms with E-state index in [1.54, 1.807) is 0 Å². The van der Waals surface area contributed by atoms with Crippen LogP contribution in [0.25, 0.3) is 0 Å². The molecule has 4 nitrogen and oxygen atoms in total. The van der Waals surface area contributed by atoms with Gasteiger partial charge in [-0.15, -0.1) is 0 Å². The number of nitrogens with zero attached hydrogens (tertiary/aromatic N) is 1. The van der Waals surface area contributed by atoms with Crippen LogP contribution in [0.1, 0.15) is 40.5 Å². The second-order valence-electron chi connectivity index (χ2n) is 4.24. The molecule has 0 saturated heterocycles. The van der Waals surface area contributed by atoms with Gasteiger partial charge < -0.3 is 10.8 Å². The molecule has 2 rings (SSSR count). The Morgan fingerprint density at radius 1 is 1.62 bits per heavy atom. The third kappa shape index (κ3) is 1.80. The molecule has 3 N–H and O–H groups in total. The fourth-order valence-electron chi connectivity index (χ4n) is 2.34. The van der Waals surface area contributed by atoms with Gasteiger partial charge >= 0.3 is 5.97 Å². The fraction of sp³-hybridized carbons (Fsp3) is 0.500. The molecular formula is C12H16N2O2. The Labute approximate surface area is 94.5 Å². The molecule has 4 heteroatoms. The molecule has 0 spiro atoms. The number of aromatic nitrogens is 1. The minimum absolute atomic E-state index is 0.142. The fourth-order valence-corrected chi connectivity index (χ4v) is 2.34. The highest BCUT2D eigenvalue weighted by Gasteiger charge is 2.23. The number of hydrogen-bond acceptors (Lipinski definition) is 3. The second-order valence-corrected chi connectivity index (χ2v) is 4.24. The summed E-state index contributed by atoms with van der Waals surface area (Å²) in [5.74, 6) is -0.887. The molecule has 0 fully saturated rings. The number of nitrogens with two attached hydrogens (primary N) is 1. The van der Waals surface area contributed by atoms with Crippen LogP contribution in [0.15, 0.2) is 6.20 Å². The predicted molar refractivity (Wildman–Crippen MR) is 60.6 cm³/mol. The van der Waals surface area contributed by atoms with Crippen molar-refractivity contribution < 1.29 is 9.90 Å². The average Bonchev–Trinajstić information content (AvgIpc) is 2.27. The number of carbonyl (C=O) groups is 1. The highest BCUT2D eigenvalue weighted by Crippen LogP contribution is 2.26. The van der Waals surface area contributed by atoms with Gasteiger partial charge in [-0.2, -0.15) is 0 Å². The molecule has 0 aromatic carbocycles. The number of carboxylic acid groups (broad SMARTS) is 1. The predicted octanol–water partition coefficient (Wildman–Crippen LogP) is 1.16. The molecule has 1 aromatic heterocycles. The minimum atomic E-state index is -0.887. The lowest BCUT2D eigenvalue weighted by atomic mass is 9.85. The molecule has 0 saturated carbocycles. The molecule has 1 unspecified atom stereocenters. The molecule has 1 heterocycles. The van der Waals surface area contributed by atoms with E-state index in [1.165, 1.54) is 6.20 Å². The third-order valence-corrected chi connectivity index (χ3v) is 3.18. The first-order valence-corrected chi connectivity index (χ1v) is 5.62. The van der Waals surface area contributed by atoms with Gasteiger partial charge in [-0.05, 0) is 36.8 Å². The number of hydrogen-bond donors (Lipinski definition) is 2. The summed E-state index contributed by atoms with van der Waals surface area (Å²) in [5, 5.41) is 9.10. The Bertz CT molecular complexity index is 429. The molecule has 16 heavy (non-hydrogen) atoms. The summed E-state index contributed by atoms with van der Waals surface area (Å²) in [4.78, 5) is 15.3. The molecule has 1 atom stereocenters. The molecule has 0 bridgehead atoms. The standard InChI is InChI=1S/C12H16N2O2/c1-2-11-9-5-7(13)3-4-8(9)10(6-14-11)12(15)16/h6-7H,2-5,13H2,1H3,(H,15,16).